The molecule has 6 heteroatoms. The van der Waals surface area contributed by atoms with Crippen molar-refractivity contribution in [3.63, 3.8) is 0 Å². The predicted octanol–water partition coefficient (Wildman–Crippen LogP) is 1.53. The Balaban J connectivity index is 2.20. The van der Waals surface area contributed by atoms with Crippen LogP contribution < -0.4 is 0 Å². The predicted molar refractivity (Wildman–Crippen MR) is 76.0 cm³/mol. The van der Waals surface area contributed by atoms with Crippen molar-refractivity contribution in [2.24, 2.45) is 0 Å². The van der Waals surface area contributed by atoms with E-state index >= 15 is 0 Å². The van der Waals surface area contributed by atoms with Gasteiger partial charge in [-0.15, -0.1) is 15.0 Å². The first kappa shape index (κ1) is 13.1. The molecule has 0 aliphatic carbocycles. The highest BCUT2D eigenvalue weighted by molar-refractivity contribution is 5.73. The van der Waals surface area contributed by atoms with E-state index in [-0.39, 0.29) is 17.9 Å². The molecule has 2 N–H and O–H groups in total. The second kappa shape index (κ2) is 5.23. The Morgan fingerprint density at radius 1 is 1.14 bits per heavy atom. The van der Waals surface area contributed by atoms with Gasteiger partial charge in [-0.2, -0.15) is 5.26 Å². The van der Waals surface area contributed by atoms with Crippen LogP contribution >= 0.6 is 0 Å². The zero-order valence-electron chi connectivity index (χ0n) is 11.1. The number of aliphatic hydroxyl groups is 1. The highest BCUT2D eigenvalue weighted by Crippen LogP contribution is 2.27. The highest BCUT2D eigenvalue weighted by atomic mass is 16.3. The molecule has 3 aromatic rings. The standard InChI is InChI=1S/C15H12N4O2/c16-9-11-7-10(5-6-20)8-14(15(11)21)19-17-12-3-1-2-4-13(12)18-19/h1-4,7-8,20-21H,5-6H2. The van der Waals surface area contributed by atoms with Gasteiger partial charge < -0.3 is 10.2 Å². The SMILES string of the molecule is N#Cc1cc(CCO)cc(-n2nc3ccccc3n2)c1O. The van der Waals surface area contributed by atoms with Crippen LogP contribution in [0.5, 0.6) is 5.75 Å². The topological polar surface area (TPSA) is 95.0 Å². The Morgan fingerprint density at radius 2 is 1.81 bits per heavy atom. The third kappa shape index (κ3) is 2.30. The number of phenolic OH excluding ortho intramolecular Hbond substituents is 1. The number of hydrogen-bond donors (Lipinski definition) is 2. The summed E-state index contributed by atoms with van der Waals surface area (Å²) in [5.41, 5.74) is 2.60. The Kier molecular flexibility index (Phi) is 3.26. The van der Waals surface area contributed by atoms with E-state index < -0.39 is 0 Å². The number of aromatic hydroxyl groups is 1. The van der Waals surface area contributed by atoms with E-state index in [2.05, 4.69) is 10.2 Å². The van der Waals surface area contributed by atoms with Gasteiger partial charge >= 0.3 is 0 Å². The summed E-state index contributed by atoms with van der Waals surface area (Å²) in [5, 5.41) is 36.9. The van der Waals surface area contributed by atoms with Crippen LogP contribution in [0.4, 0.5) is 0 Å². The Morgan fingerprint density at radius 3 is 2.38 bits per heavy atom. The molecular weight excluding hydrogens is 268 g/mol. The number of hydrogen-bond acceptors (Lipinski definition) is 5. The smallest absolute Gasteiger partial charge is 0.160 e. The molecule has 0 unspecified atom stereocenters. The summed E-state index contributed by atoms with van der Waals surface area (Å²) in [6, 6.07) is 12.5. The number of nitrogens with zero attached hydrogens (tertiary/aromatic N) is 4. The molecule has 0 fully saturated rings. The molecule has 0 spiro atoms. The van der Waals surface area contributed by atoms with Crippen LogP contribution in [-0.4, -0.2) is 31.8 Å². The molecule has 0 aliphatic rings. The number of phenols is 1. The summed E-state index contributed by atoms with van der Waals surface area (Å²) in [6.07, 6.45) is 0.392. The zero-order chi connectivity index (χ0) is 14.8. The van der Waals surface area contributed by atoms with Crippen LogP contribution in [0, 0.1) is 11.3 Å². The monoisotopic (exact) mass is 280 g/mol. The van der Waals surface area contributed by atoms with Crippen molar-refractivity contribution in [1.29, 1.82) is 5.26 Å². The molecule has 0 radical (unpaired) electrons. The van der Waals surface area contributed by atoms with Crippen molar-refractivity contribution in [3.8, 4) is 17.5 Å². The van der Waals surface area contributed by atoms with Crippen LogP contribution in [0.15, 0.2) is 36.4 Å². The fourth-order valence-corrected chi connectivity index (χ4v) is 2.16. The van der Waals surface area contributed by atoms with Gasteiger partial charge in [-0.25, -0.2) is 0 Å². The lowest BCUT2D eigenvalue weighted by atomic mass is 10.1. The average Bonchev–Trinajstić information content (AvgIpc) is 2.92. The van der Waals surface area contributed by atoms with E-state index in [0.717, 1.165) is 5.56 Å². The number of benzene rings is 2. The van der Waals surface area contributed by atoms with E-state index in [4.69, 9.17) is 10.4 Å². The van der Waals surface area contributed by atoms with Crippen LogP contribution in [0.3, 0.4) is 0 Å². The average molecular weight is 280 g/mol. The second-order valence-corrected chi connectivity index (χ2v) is 4.57. The highest BCUT2D eigenvalue weighted by Gasteiger charge is 2.14. The molecule has 0 aliphatic heterocycles. The van der Waals surface area contributed by atoms with Crippen molar-refractivity contribution < 1.29 is 10.2 Å². The van der Waals surface area contributed by atoms with Crippen molar-refractivity contribution in [2.45, 2.75) is 6.42 Å². The summed E-state index contributed by atoms with van der Waals surface area (Å²) < 4.78 is 0. The van der Waals surface area contributed by atoms with Gasteiger partial charge in [-0.1, -0.05) is 12.1 Å². The van der Waals surface area contributed by atoms with Gasteiger partial charge in [0, 0.05) is 6.61 Å². The molecule has 0 saturated carbocycles. The summed E-state index contributed by atoms with van der Waals surface area (Å²) in [4.78, 5) is 1.31. The van der Waals surface area contributed by atoms with Crippen LogP contribution in [-0.2, 0) is 6.42 Å². The Labute approximate surface area is 120 Å². The van der Waals surface area contributed by atoms with Crippen molar-refractivity contribution in [2.75, 3.05) is 6.61 Å². The van der Waals surface area contributed by atoms with Crippen molar-refractivity contribution in [3.05, 3.63) is 47.5 Å². The van der Waals surface area contributed by atoms with E-state index in [0.29, 0.717) is 23.1 Å². The van der Waals surface area contributed by atoms with Gasteiger partial charge in [0.05, 0.1) is 5.56 Å². The minimum Gasteiger partial charge on any atom is -0.504 e. The molecule has 104 valence electrons. The molecule has 6 nitrogen and oxygen atoms in total. The Bertz CT molecular complexity index is 815. The molecule has 0 bridgehead atoms. The molecule has 1 aromatic heterocycles. The Hall–Kier alpha value is -2.91. The molecule has 3 rings (SSSR count). The van der Waals surface area contributed by atoms with Gasteiger partial charge in [-0.05, 0) is 36.2 Å². The first-order valence-electron chi connectivity index (χ1n) is 6.42. The molecular formula is C15H12N4O2. The minimum absolute atomic E-state index is 0.0381. The largest absolute Gasteiger partial charge is 0.504 e. The number of rotatable bonds is 3. The third-order valence-electron chi connectivity index (χ3n) is 3.17. The maximum atomic E-state index is 10.2. The maximum absolute atomic E-state index is 10.2. The fourth-order valence-electron chi connectivity index (χ4n) is 2.16. The lowest BCUT2D eigenvalue weighted by Crippen LogP contribution is -2.02. The minimum atomic E-state index is -0.167. The summed E-state index contributed by atoms with van der Waals surface area (Å²) >= 11 is 0. The molecule has 21 heavy (non-hydrogen) atoms. The lowest BCUT2D eigenvalue weighted by molar-refractivity contribution is 0.299. The summed E-state index contributed by atoms with van der Waals surface area (Å²) in [7, 11) is 0. The lowest BCUT2D eigenvalue weighted by Gasteiger charge is -2.08. The van der Waals surface area contributed by atoms with Gasteiger partial charge in [0.2, 0.25) is 0 Å². The quantitative estimate of drug-likeness (QED) is 0.758. The number of fused-ring (bicyclic) bond motifs is 1. The van der Waals surface area contributed by atoms with Gasteiger partial charge in [0.15, 0.2) is 5.75 Å². The third-order valence-corrected chi connectivity index (χ3v) is 3.17. The number of aliphatic hydroxyl groups excluding tert-OH is 1. The molecule has 0 saturated heterocycles. The van der Waals surface area contributed by atoms with Crippen LogP contribution in [0.25, 0.3) is 16.7 Å². The van der Waals surface area contributed by atoms with Crippen LogP contribution in [0.1, 0.15) is 11.1 Å². The normalized spacial score (nSPS) is 10.7. The molecule has 0 amide bonds. The maximum Gasteiger partial charge on any atom is 0.160 e. The van der Waals surface area contributed by atoms with E-state index in [1.54, 1.807) is 12.1 Å². The second-order valence-electron chi connectivity index (χ2n) is 4.57. The van der Waals surface area contributed by atoms with Gasteiger partial charge in [-0.3, -0.25) is 0 Å². The molecule has 2 aromatic carbocycles. The summed E-state index contributed by atoms with van der Waals surface area (Å²) in [6.45, 7) is -0.0381. The van der Waals surface area contributed by atoms with E-state index in [1.165, 1.54) is 4.80 Å². The van der Waals surface area contributed by atoms with Gasteiger partial charge in [0.1, 0.15) is 22.8 Å². The van der Waals surface area contributed by atoms with Crippen molar-refractivity contribution in [1.82, 2.24) is 15.0 Å². The van der Waals surface area contributed by atoms with Crippen LogP contribution in [0.2, 0.25) is 0 Å². The first-order chi connectivity index (χ1) is 10.2. The molecule has 0 atom stereocenters. The summed E-state index contributed by atoms with van der Waals surface area (Å²) in [5.74, 6) is -0.167. The van der Waals surface area contributed by atoms with E-state index in [1.807, 2.05) is 30.3 Å². The first-order valence-corrected chi connectivity index (χ1v) is 6.42. The fraction of sp³-hybridized carbons (Fsp3) is 0.133. The van der Waals surface area contributed by atoms with E-state index in [9.17, 15) is 5.11 Å². The van der Waals surface area contributed by atoms with Crippen molar-refractivity contribution >= 4 is 11.0 Å². The number of nitriles is 1. The number of aromatic nitrogens is 3. The zero-order valence-corrected chi connectivity index (χ0v) is 11.1. The molecule has 1 heterocycles. The van der Waals surface area contributed by atoms with Gasteiger partial charge in [0.25, 0.3) is 0 Å².